The number of aromatic nitrogens is 1. The summed E-state index contributed by atoms with van der Waals surface area (Å²) in [5.74, 6) is -0.497. The fraction of sp³-hybridized carbons (Fsp3) is 0. The molecule has 0 unspecified atom stereocenters. The minimum atomic E-state index is -0.497. The number of carbonyl (C=O) groups is 1. The van der Waals surface area contributed by atoms with Crippen molar-refractivity contribution in [1.29, 1.82) is 0 Å². The largest absolute Gasteiger partial charge is 0.366 e. The summed E-state index contributed by atoms with van der Waals surface area (Å²) in [6, 6.07) is 1.70. The van der Waals surface area contributed by atoms with Crippen molar-refractivity contribution in [2.75, 3.05) is 0 Å². The zero-order chi connectivity index (χ0) is 8.97. The van der Waals surface area contributed by atoms with Gasteiger partial charge in [0.15, 0.2) is 0 Å². The Bertz CT molecular complexity index is 323. The van der Waals surface area contributed by atoms with Gasteiger partial charge in [0.2, 0.25) is 5.91 Å². The number of hydrogen-bond acceptors (Lipinski definition) is 2. The zero-order valence-electron chi connectivity index (χ0n) is 6.20. The lowest BCUT2D eigenvalue weighted by Gasteiger charge is -1.93. The molecule has 1 amide bonds. The first-order valence-corrected chi connectivity index (χ1v) is 3.65. The van der Waals surface area contributed by atoms with E-state index in [-0.39, 0.29) is 0 Å². The van der Waals surface area contributed by atoms with Gasteiger partial charge in [0, 0.05) is 18.5 Å². The Hall–Kier alpha value is -1.35. The molecule has 0 atom stereocenters. The van der Waals surface area contributed by atoms with Crippen LogP contribution < -0.4 is 5.73 Å². The number of carbonyl (C=O) groups excluding carboxylic acids is 1. The van der Waals surface area contributed by atoms with Gasteiger partial charge in [-0.2, -0.15) is 0 Å². The molecule has 1 aromatic heterocycles. The molecule has 3 nitrogen and oxygen atoms in total. The van der Waals surface area contributed by atoms with E-state index in [0.29, 0.717) is 5.02 Å². The van der Waals surface area contributed by atoms with Gasteiger partial charge in [-0.05, 0) is 17.7 Å². The highest BCUT2D eigenvalue weighted by Crippen LogP contribution is 2.14. The summed E-state index contributed by atoms with van der Waals surface area (Å²) >= 11 is 5.74. The molecule has 12 heavy (non-hydrogen) atoms. The Morgan fingerprint density at radius 2 is 2.42 bits per heavy atom. The Morgan fingerprint density at radius 3 is 3.00 bits per heavy atom. The van der Waals surface area contributed by atoms with Gasteiger partial charge in [-0.1, -0.05) is 11.6 Å². The first kappa shape index (κ1) is 8.74. The summed E-state index contributed by atoms with van der Waals surface area (Å²) in [6.45, 7) is 0. The molecule has 0 bridgehead atoms. The lowest BCUT2D eigenvalue weighted by atomic mass is 10.2. The van der Waals surface area contributed by atoms with Crippen LogP contribution in [-0.2, 0) is 4.79 Å². The monoisotopic (exact) mass is 182 g/mol. The average molecular weight is 183 g/mol. The third-order valence-electron chi connectivity index (χ3n) is 1.23. The second kappa shape index (κ2) is 3.88. The minimum Gasteiger partial charge on any atom is -0.366 e. The van der Waals surface area contributed by atoms with Crippen molar-refractivity contribution in [3.05, 3.63) is 35.1 Å². The number of hydrogen-bond donors (Lipinski definition) is 1. The molecule has 4 heteroatoms. The molecule has 0 radical (unpaired) electrons. The minimum absolute atomic E-state index is 0.495. The van der Waals surface area contributed by atoms with Crippen molar-refractivity contribution in [2.45, 2.75) is 0 Å². The van der Waals surface area contributed by atoms with E-state index in [1.807, 2.05) is 0 Å². The molecule has 0 saturated heterocycles. The molecule has 0 spiro atoms. The third-order valence-corrected chi connectivity index (χ3v) is 1.55. The third kappa shape index (κ3) is 2.36. The number of primary amides is 1. The normalized spacial score (nSPS) is 10.4. The molecule has 0 saturated carbocycles. The van der Waals surface area contributed by atoms with E-state index >= 15 is 0 Å². The van der Waals surface area contributed by atoms with Crippen LogP contribution in [0.2, 0.25) is 5.02 Å². The average Bonchev–Trinajstić information content (AvgIpc) is 2.03. The van der Waals surface area contributed by atoms with Gasteiger partial charge < -0.3 is 5.73 Å². The van der Waals surface area contributed by atoms with Crippen LogP contribution >= 0.6 is 11.6 Å². The topological polar surface area (TPSA) is 56.0 Å². The SMILES string of the molecule is NC(=O)C=Cc1ccncc1Cl. The second-order valence-corrected chi connectivity index (χ2v) is 2.54. The quantitative estimate of drug-likeness (QED) is 0.700. The van der Waals surface area contributed by atoms with Crippen LogP contribution in [0.15, 0.2) is 24.5 Å². The Morgan fingerprint density at radius 1 is 1.67 bits per heavy atom. The van der Waals surface area contributed by atoms with Gasteiger partial charge >= 0.3 is 0 Å². The molecule has 0 aliphatic rings. The van der Waals surface area contributed by atoms with Gasteiger partial charge in [-0.25, -0.2) is 0 Å². The fourth-order valence-corrected chi connectivity index (χ4v) is 0.875. The highest BCUT2D eigenvalue weighted by Gasteiger charge is 1.93. The molecule has 0 aromatic carbocycles. The lowest BCUT2D eigenvalue weighted by molar-refractivity contribution is -0.113. The van der Waals surface area contributed by atoms with Crippen LogP contribution in [0.3, 0.4) is 0 Å². The van der Waals surface area contributed by atoms with Gasteiger partial charge in [0.1, 0.15) is 0 Å². The number of amides is 1. The molecule has 1 rings (SSSR count). The Labute approximate surface area is 74.9 Å². The maximum atomic E-state index is 10.4. The van der Waals surface area contributed by atoms with Crippen molar-refractivity contribution in [3.8, 4) is 0 Å². The van der Waals surface area contributed by atoms with Crippen molar-refractivity contribution < 1.29 is 4.79 Å². The highest BCUT2D eigenvalue weighted by atomic mass is 35.5. The van der Waals surface area contributed by atoms with Crippen LogP contribution in [-0.4, -0.2) is 10.9 Å². The number of rotatable bonds is 2. The first-order chi connectivity index (χ1) is 5.70. The second-order valence-electron chi connectivity index (χ2n) is 2.13. The molecular weight excluding hydrogens is 176 g/mol. The molecule has 0 aliphatic heterocycles. The predicted molar refractivity (Wildman–Crippen MR) is 47.5 cm³/mol. The van der Waals surface area contributed by atoms with Gasteiger partial charge in [0.25, 0.3) is 0 Å². The molecule has 0 aliphatic carbocycles. The van der Waals surface area contributed by atoms with Crippen molar-refractivity contribution in [2.24, 2.45) is 5.73 Å². The Kier molecular flexibility index (Phi) is 2.82. The molecule has 2 N–H and O–H groups in total. The zero-order valence-corrected chi connectivity index (χ0v) is 6.95. The maximum Gasteiger partial charge on any atom is 0.241 e. The number of pyridine rings is 1. The first-order valence-electron chi connectivity index (χ1n) is 3.27. The van der Waals surface area contributed by atoms with E-state index in [9.17, 15) is 4.79 Å². The molecular formula is C8H7ClN2O. The van der Waals surface area contributed by atoms with Crippen LogP contribution in [0, 0.1) is 0 Å². The summed E-state index contributed by atoms with van der Waals surface area (Å²) in [5, 5.41) is 0.495. The Balaban J connectivity index is 2.89. The van der Waals surface area contributed by atoms with Crippen molar-refractivity contribution in [3.63, 3.8) is 0 Å². The summed E-state index contributed by atoms with van der Waals surface area (Å²) in [6.07, 6.45) is 5.89. The van der Waals surface area contributed by atoms with Crippen LogP contribution in [0.1, 0.15) is 5.56 Å². The van der Waals surface area contributed by atoms with Gasteiger partial charge in [-0.15, -0.1) is 0 Å². The fourth-order valence-electron chi connectivity index (χ4n) is 0.693. The van der Waals surface area contributed by atoms with E-state index in [1.54, 1.807) is 18.3 Å². The maximum absolute atomic E-state index is 10.4. The number of nitrogens with two attached hydrogens (primary N) is 1. The summed E-state index contributed by atoms with van der Waals surface area (Å²) < 4.78 is 0. The lowest BCUT2D eigenvalue weighted by Crippen LogP contribution is -2.05. The van der Waals surface area contributed by atoms with E-state index in [1.165, 1.54) is 12.3 Å². The van der Waals surface area contributed by atoms with E-state index < -0.39 is 5.91 Å². The van der Waals surface area contributed by atoms with Crippen LogP contribution in [0.4, 0.5) is 0 Å². The van der Waals surface area contributed by atoms with Crippen molar-refractivity contribution >= 4 is 23.6 Å². The summed E-state index contributed by atoms with van der Waals surface area (Å²) in [5.41, 5.74) is 5.63. The number of nitrogens with zero attached hydrogens (tertiary/aromatic N) is 1. The van der Waals surface area contributed by atoms with Crippen molar-refractivity contribution in [1.82, 2.24) is 4.98 Å². The van der Waals surface area contributed by atoms with Gasteiger partial charge in [0.05, 0.1) is 5.02 Å². The van der Waals surface area contributed by atoms with E-state index in [0.717, 1.165) is 5.56 Å². The van der Waals surface area contributed by atoms with Gasteiger partial charge in [-0.3, -0.25) is 9.78 Å². The number of halogens is 1. The van der Waals surface area contributed by atoms with E-state index in [2.05, 4.69) is 4.98 Å². The smallest absolute Gasteiger partial charge is 0.241 e. The predicted octanol–water partition coefficient (Wildman–Crippen LogP) is 1.23. The summed E-state index contributed by atoms with van der Waals surface area (Å²) in [4.78, 5) is 14.2. The standard InChI is InChI=1S/C8H7ClN2O/c9-7-5-11-4-3-6(7)1-2-8(10)12/h1-5H,(H2,10,12). The van der Waals surface area contributed by atoms with Crippen LogP contribution in [0.25, 0.3) is 6.08 Å². The van der Waals surface area contributed by atoms with E-state index in [4.69, 9.17) is 17.3 Å². The molecule has 1 heterocycles. The molecule has 62 valence electrons. The molecule has 1 aromatic rings. The van der Waals surface area contributed by atoms with Crippen LogP contribution in [0.5, 0.6) is 0 Å². The highest BCUT2D eigenvalue weighted by molar-refractivity contribution is 6.32. The summed E-state index contributed by atoms with van der Waals surface area (Å²) in [7, 11) is 0. The molecule has 0 fully saturated rings.